The monoisotopic (exact) mass is 945 g/mol. The smallest absolute Gasteiger partial charge is 0.326 e. The van der Waals surface area contributed by atoms with Gasteiger partial charge in [-0.3, -0.25) is 28.7 Å². The number of β-amino-alcohol motifs (C(OH)–C–C–N with tert-alkyl or cyclic N) is 1. The summed E-state index contributed by atoms with van der Waals surface area (Å²) in [7, 11) is -4.39. The molecule has 2 aliphatic rings. The van der Waals surface area contributed by atoms with Gasteiger partial charge in [0, 0.05) is 43.1 Å². The molecule has 7 rings (SSSR count). The van der Waals surface area contributed by atoms with Crippen molar-refractivity contribution in [3.8, 4) is 27.3 Å². The van der Waals surface area contributed by atoms with E-state index in [1.165, 1.54) is 34.0 Å². The molecule has 66 heavy (non-hydrogen) atoms. The molecule has 5 amide bonds. The first kappa shape index (κ1) is 47.5. The lowest BCUT2D eigenvalue weighted by Crippen LogP contribution is -2.57. The van der Waals surface area contributed by atoms with E-state index in [1.807, 2.05) is 58.9 Å². The molecule has 0 spiro atoms. The number of phenolic OH excluding ortho intramolecular Hbond substituents is 1. The molecule has 0 unspecified atom stereocenters. The van der Waals surface area contributed by atoms with E-state index in [0.717, 1.165) is 21.7 Å². The lowest BCUT2D eigenvalue weighted by Gasteiger charge is -2.35. The van der Waals surface area contributed by atoms with Crippen LogP contribution in [0, 0.1) is 18.2 Å². The van der Waals surface area contributed by atoms with Gasteiger partial charge in [0.05, 0.1) is 34.4 Å². The quantitative estimate of drug-likeness (QED) is 0.0825. The van der Waals surface area contributed by atoms with Crippen LogP contribution in [0.15, 0.2) is 66.4 Å². The van der Waals surface area contributed by atoms with Crippen LogP contribution in [0.2, 0.25) is 0 Å². The average molecular weight is 946 g/mol. The van der Waals surface area contributed by atoms with Gasteiger partial charge in [-0.25, -0.2) is 18.4 Å². The molecule has 0 aliphatic carbocycles. The van der Waals surface area contributed by atoms with E-state index < -0.39 is 75.3 Å². The van der Waals surface area contributed by atoms with Crippen LogP contribution in [0.1, 0.15) is 70.7 Å². The molecule has 18 nitrogen and oxygen atoms in total. The van der Waals surface area contributed by atoms with Crippen molar-refractivity contribution >= 4 is 67.5 Å². The summed E-state index contributed by atoms with van der Waals surface area (Å²) < 4.78 is 44.1. The van der Waals surface area contributed by atoms with Crippen molar-refractivity contribution in [1.29, 1.82) is 0 Å². The highest BCUT2D eigenvalue weighted by Crippen LogP contribution is 2.40. The molecule has 6 N–H and O–H groups in total. The number of hydrogen-bond acceptors (Lipinski definition) is 12. The number of aromatic nitrogens is 3. The molecule has 3 aromatic carbocycles. The van der Waals surface area contributed by atoms with Crippen LogP contribution in [-0.4, -0.2) is 106 Å². The largest absolute Gasteiger partial charge is 0.506 e. The first-order valence-corrected chi connectivity index (χ1v) is 23.7. The summed E-state index contributed by atoms with van der Waals surface area (Å²) in [6, 6.07) is 11.4. The van der Waals surface area contributed by atoms with Gasteiger partial charge in [-0.1, -0.05) is 57.2 Å². The molecule has 4 atom stereocenters. The summed E-state index contributed by atoms with van der Waals surface area (Å²) >= 11 is 1.55. The Bertz CT molecular complexity index is 2790. The number of carbonyl (C=O) groups is 5. The predicted molar refractivity (Wildman–Crippen MR) is 244 cm³/mol. The Morgan fingerprint density at radius 2 is 1.74 bits per heavy atom. The van der Waals surface area contributed by atoms with Crippen LogP contribution < -0.4 is 25.0 Å². The van der Waals surface area contributed by atoms with Crippen molar-refractivity contribution in [3.63, 3.8) is 0 Å². The fourth-order valence-electron chi connectivity index (χ4n) is 8.08. The number of aryl methyl sites for hydroxylation is 1. The second-order valence-electron chi connectivity index (χ2n) is 17.6. The molecule has 0 radical (unpaired) electrons. The average Bonchev–Trinajstić information content (AvgIpc) is 4.05. The highest BCUT2D eigenvalue weighted by atomic mass is 32.2. The molecular formula is C45H52FN9O9S2. The van der Waals surface area contributed by atoms with Gasteiger partial charge in [0.25, 0.3) is 5.91 Å². The maximum atomic E-state index is 15.8. The van der Waals surface area contributed by atoms with Crippen LogP contribution in [0.4, 0.5) is 10.1 Å². The van der Waals surface area contributed by atoms with Crippen molar-refractivity contribution < 1.29 is 47.0 Å². The molecule has 2 aliphatic heterocycles. The summed E-state index contributed by atoms with van der Waals surface area (Å²) in [5, 5.41) is 34.3. The van der Waals surface area contributed by atoms with E-state index in [1.54, 1.807) is 33.8 Å². The van der Waals surface area contributed by atoms with Crippen molar-refractivity contribution in [2.24, 2.45) is 5.41 Å². The summed E-state index contributed by atoms with van der Waals surface area (Å²) in [6.07, 6.45) is 3.12. The number of carbonyl (C=O) groups excluding carboxylic acids is 5. The number of unbranched alkanes of at least 4 members (excludes halogenated alkanes) is 1. The Labute approximate surface area is 384 Å². The summed E-state index contributed by atoms with van der Waals surface area (Å²) in [5.41, 5.74) is 4.27. The van der Waals surface area contributed by atoms with Crippen LogP contribution in [0.3, 0.4) is 0 Å². The van der Waals surface area contributed by atoms with E-state index in [0.29, 0.717) is 28.3 Å². The van der Waals surface area contributed by atoms with Crippen LogP contribution >= 0.6 is 11.3 Å². The maximum Gasteiger partial charge on any atom is 0.326 e. The molecule has 350 valence electrons. The van der Waals surface area contributed by atoms with Crippen LogP contribution in [0.5, 0.6) is 5.75 Å². The van der Waals surface area contributed by atoms with Crippen molar-refractivity contribution in [3.05, 3.63) is 83.5 Å². The lowest BCUT2D eigenvalue weighted by atomic mass is 9.85. The van der Waals surface area contributed by atoms with E-state index >= 15 is 4.39 Å². The zero-order valence-electron chi connectivity index (χ0n) is 37.0. The third-order valence-electron chi connectivity index (χ3n) is 11.6. The summed E-state index contributed by atoms with van der Waals surface area (Å²) in [6.45, 7) is 8.61. The minimum absolute atomic E-state index is 0.0127. The normalized spacial score (nSPS) is 18.0. The minimum atomic E-state index is -4.39. The number of rotatable bonds is 15. The molecule has 4 heterocycles. The molecule has 0 bridgehead atoms. The third-order valence-corrected chi connectivity index (χ3v) is 13.9. The number of hydrogen-bond donors (Lipinski definition) is 6. The van der Waals surface area contributed by atoms with Crippen LogP contribution in [0.25, 0.3) is 32.3 Å². The minimum Gasteiger partial charge on any atom is -0.506 e. The number of aromatic hydroxyl groups is 1. The van der Waals surface area contributed by atoms with Gasteiger partial charge in [-0.15, -0.1) is 11.3 Å². The van der Waals surface area contributed by atoms with Gasteiger partial charge in [-0.05, 0) is 66.3 Å². The molecule has 0 saturated carbocycles. The summed E-state index contributed by atoms with van der Waals surface area (Å²) in [4.78, 5) is 72.2. The molecule has 2 fully saturated rings. The van der Waals surface area contributed by atoms with Gasteiger partial charge < -0.3 is 31.1 Å². The van der Waals surface area contributed by atoms with Gasteiger partial charge in [0.15, 0.2) is 5.82 Å². The number of likely N-dealkylation sites (tertiary alicyclic amines) is 1. The van der Waals surface area contributed by atoms with Gasteiger partial charge in [0.2, 0.25) is 23.6 Å². The molecule has 2 saturated heterocycles. The topological polar surface area (TPSA) is 245 Å². The Morgan fingerprint density at radius 3 is 2.41 bits per heavy atom. The molecular weight excluding hydrogens is 894 g/mol. The zero-order chi connectivity index (χ0) is 47.7. The second-order valence-corrected chi connectivity index (χ2v) is 20.1. The number of anilines is 1. The van der Waals surface area contributed by atoms with Crippen molar-refractivity contribution in [2.75, 3.05) is 23.9 Å². The van der Waals surface area contributed by atoms with Gasteiger partial charge in [-0.2, -0.15) is 13.5 Å². The number of fused-ring (bicyclic) bond motifs is 1. The first-order chi connectivity index (χ1) is 31.2. The van der Waals surface area contributed by atoms with Crippen molar-refractivity contribution in [2.45, 2.75) is 91.1 Å². The highest BCUT2D eigenvalue weighted by Gasteiger charge is 2.45. The number of amides is 5. The van der Waals surface area contributed by atoms with Gasteiger partial charge >= 0.3 is 10.2 Å². The number of phenols is 1. The SMILES string of the molecule is Cc1ncsc1-c1ccc([C@H](C)NC(=O)[C@@H]2C[C@@H](O)CN2C(=O)[C@@H](NC(=O)CCCCNC(=O)Cn2cc(-c3ccc4cc(O)c(N5CC(=O)NS5(=O)=O)c(F)c4c3)cn2)C(C)(C)C)cc1. The maximum absolute atomic E-state index is 15.8. The number of thiazole rings is 1. The second kappa shape index (κ2) is 19.2. The number of nitrogens with one attached hydrogen (secondary N) is 4. The van der Waals surface area contributed by atoms with Crippen molar-refractivity contribution in [1.82, 2.24) is 40.3 Å². The number of nitrogens with zero attached hydrogens (tertiary/aromatic N) is 5. The first-order valence-electron chi connectivity index (χ1n) is 21.4. The standard InChI is InChI=1S/C45H52FN9O9S2/c1-25(27-9-11-28(12-10-27)41-26(2)48-24-65-41)50-43(61)34-18-32(56)21-54(34)44(62)42(45(3,4)5)51-36(58)8-6-7-15-47-37(59)22-53-20-31(19-49-53)29-13-14-30-17-35(57)40(39(46)33(30)16-29)55-23-38(60)52-66(55,63)64/h9-14,16-17,19-20,24-25,32,34,42,56-57H,6-8,15,18,21-23H2,1-5H3,(H,47,59)(H,50,61)(H,51,58)(H,52,60)/t25-,32+,34-,42+/m0/s1. The zero-order valence-corrected chi connectivity index (χ0v) is 38.6. The molecule has 2 aromatic heterocycles. The van der Waals surface area contributed by atoms with E-state index in [-0.39, 0.29) is 61.1 Å². The summed E-state index contributed by atoms with van der Waals surface area (Å²) in [5.74, 6) is -4.15. The lowest BCUT2D eigenvalue weighted by molar-refractivity contribution is -0.144. The van der Waals surface area contributed by atoms with E-state index in [2.05, 4.69) is 26.0 Å². The molecule has 5 aromatic rings. The third kappa shape index (κ3) is 10.5. The fraction of sp³-hybridized carbons (Fsp3) is 0.400. The number of aliphatic hydroxyl groups excluding tert-OH is 1. The Balaban J connectivity index is 0.880. The number of halogens is 1. The Hall–Kier alpha value is -6.45. The number of benzene rings is 3. The fourth-order valence-corrected chi connectivity index (χ4v) is 10.1. The Morgan fingerprint density at radius 1 is 1.02 bits per heavy atom. The van der Waals surface area contributed by atoms with E-state index in [9.17, 15) is 42.6 Å². The Kier molecular flexibility index (Phi) is 13.8. The van der Waals surface area contributed by atoms with Crippen LogP contribution in [-0.2, 0) is 40.7 Å². The highest BCUT2D eigenvalue weighted by molar-refractivity contribution is 7.92. The molecule has 21 heteroatoms. The predicted octanol–water partition coefficient (Wildman–Crippen LogP) is 3.82. The number of aliphatic hydroxyl groups is 1. The van der Waals surface area contributed by atoms with Gasteiger partial charge in [0.1, 0.15) is 36.6 Å². The van der Waals surface area contributed by atoms with E-state index in [4.69, 9.17) is 0 Å².